The normalized spacial score (nSPS) is 12.5. The molecule has 2 heterocycles. The summed E-state index contributed by atoms with van der Waals surface area (Å²) < 4.78 is 15.5. The molecule has 0 atom stereocenters. The number of carbonyl (C=O) groups excluding carboxylic acids is 2. The van der Waals surface area contributed by atoms with E-state index in [0.29, 0.717) is 29.1 Å². The third-order valence-corrected chi connectivity index (χ3v) is 5.86. The quantitative estimate of drug-likeness (QED) is 0.497. The van der Waals surface area contributed by atoms with E-state index in [1.54, 1.807) is 54.3 Å². The van der Waals surface area contributed by atoms with Crippen LogP contribution >= 0.6 is 0 Å². The lowest BCUT2D eigenvalue weighted by molar-refractivity contribution is 0.0988. The largest absolute Gasteiger partial charge is 0.322 e. The molecule has 0 spiro atoms. The van der Waals surface area contributed by atoms with Crippen molar-refractivity contribution in [2.45, 2.75) is 13.3 Å². The Kier molecular flexibility index (Phi) is 5.22. The molecule has 1 aliphatic heterocycles. The van der Waals surface area contributed by atoms with Crippen molar-refractivity contribution in [2.24, 2.45) is 0 Å². The van der Waals surface area contributed by atoms with Crippen molar-refractivity contribution < 1.29 is 14.0 Å². The van der Waals surface area contributed by atoms with Gasteiger partial charge in [-0.2, -0.15) is 5.10 Å². The molecule has 0 bridgehead atoms. The van der Waals surface area contributed by atoms with E-state index < -0.39 is 5.82 Å². The van der Waals surface area contributed by atoms with Crippen LogP contribution in [-0.2, 0) is 6.42 Å². The van der Waals surface area contributed by atoms with Crippen molar-refractivity contribution in [3.63, 3.8) is 0 Å². The zero-order valence-electron chi connectivity index (χ0n) is 18.0. The minimum Gasteiger partial charge on any atom is -0.322 e. The van der Waals surface area contributed by atoms with Crippen LogP contribution in [0.5, 0.6) is 0 Å². The number of fused-ring (bicyclic) bond motifs is 1. The molecule has 0 saturated carbocycles. The molecule has 0 saturated heterocycles. The van der Waals surface area contributed by atoms with E-state index in [-0.39, 0.29) is 17.5 Å². The van der Waals surface area contributed by atoms with Crippen LogP contribution in [0.15, 0.2) is 79.0 Å². The first-order valence-electron chi connectivity index (χ1n) is 10.6. The summed E-state index contributed by atoms with van der Waals surface area (Å²) in [4.78, 5) is 27.5. The fraction of sp³-hybridized carbons (Fsp3) is 0.115. The molecule has 1 aromatic heterocycles. The van der Waals surface area contributed by atoms with E-state index in [0.717, 1.165) is 12.1 Å². The Morgan fingerprint density at radius 1 is 0.939 bits per heavy atom. The van der Waals surface area contributed by atoms with E-state index in [1.165, 1.54) is 22.5 Å². The van der Waals surface area contributed by atoms with Crippen molar-refractivity contribution in [2.75, 3.05) is 16.8 Å². The molecule has 4 aromatic rings. The van der Waals surface area contributed by atoms with Crippen LogP contribution in [0.4, 0.5) is 15.8 Å². The highest BCUT2D eigenvalue weighted by molar-refractivity contribution is 6.08. The molecular weight excluding hydrogens is 419 g/mol. The Bertz CT molecular complexity index is 1360. The van der Waals surface area contributed by atoms with Gasteiger partial charge in [0.1, 0.15) is 11.5 Å². The molecule has 2 amide bonds. The molecule has 33 heavy (non-hydrogen) atoms. The number of hydrogen-bond donors (Lipinski definition) is 1. The number of anilines is 2. The van der Waals surface area contributed by atoms with Gasteiger partial charge in [-0.3, -0.25) is 9.59 Å². The van der Waals surface area contributed by atoms with E-state index in [4.69, 9.17) is 0 Å². The number of para-hydroxylation sites is 2. The summed E-state index contributed by atoms with van der Waals surface area (Å²) in [5.41, 5.74) is 4.36. The number of carbonyl (C=O) groups is 2. The Morgan fingerprint density at radius 3 is 2.39 bits per heavy atom. The van der Waals surface area contributed by atoms with E-state index >= 15 is 0 Å². The molecule has 3 aromatic carbocycles. The lowest BCUT2D eigenvalue weighted by Crippen LogP contribution is -2.28. The van der Waals surface area contributed by atoms with E-state index in [9.17, 15) is 14.0 Å². The average Bonchev–Trinajstić information content (AvgIpc) is 3.43. The first-order valence-corrected chi connectivity index (χ1v) is 10.6. The molecule has 164 valence electrons. The fourth-order valence-electron chi connectivity index (χ4n) is 4.10. The topological polar surface area (TPSA) is 67.2 Å². The molecule has 0 aliphatic carbocycles. The average molecular weight is 440 g/mol. The molecule has 0 unspecified atom stereocenters. The molecule has 0 fully saturated rings. The van der Waals surface area contributed by atoms with Gasteiger partial charge in [-0.25, -0.2) is 9.07 Å². The van der Waals surface area contributed by atoms with Gasteiger partial charge in [-0.1, -0.05) is 30.3 Å². The summed E-state index contributed by atoms with van der Waals surface area (Å²) >= 11 is 0. The van der Waals surface area contributed by atoms with Gasteiger partial charge in [0.05, 0.1) is 17.5 Å². The molecule has 7 heteroatoms. The van der Waals surface area contributed by atoms with Crippen LogP contribution in [0.2, 0.25) is 0 Å². The molecule has 1 aliphatic rings. The first-order chi connectivity index (χ1) is 16.0. The van der Waals surface area contributed by atoms with Gasteiger partial charge in [0.15, 0.2) is 0 Å². The summed E-state index contributed by atoms with van der Waals surface area (Å²) in [6.07, 6.45) is 2.26. The van der Waals surface area contributed by atoms with Crippen LogP contribution in [-0.4, -0.2) is 28.1 Å². The maximum Gasteiger partial charge on any atom is 0.259 e. The second-order valence-electron chi connectivity index (χ2n) is 7.87. The number of nitrogens with one attached hydrogen (secondary N) is 1. The van der Waals surface area contributed by atoms with Crippen molar-refractivity contribution in [1.29, 1.82) is 0 Å². The standard InChI is InChI=1S/C26H21FN4O2/c1-17-21(16-28-31(17)24-9-5-3-7-22(24)27)25(32)29-20-12-10-19(11-13-20)26(33)30-15-14-18-6-2-4-8-23(18)30/h2-13,16H,14-15H2,1H3,(H,29,32). The number of benzene rings is 3. The lowest BCUT2D eigenvalue weighted by atomic mass is 10.1. The van der Waals surface area contributed by atoms with Gasteiger partial charge in [0.25, 0.3) is 11.8 Å². The highest BCUT2D eigenvalue weighted by Gasteiger charge is 2.25. The lowest BCUT2D eigenvalue weighted by Gasteiger charge is -2.17. The van der Waals surface area contributed by atoms with Gasteiger partial charge < -0.3 is 10.2 Å². The third-order valence-electron chi connectivity index (χ3n) is 5.86. The Balaban J connectivity index is 1.31. The van der Waals surface area contributed by atoms with Gasteiger partial charge in [-0.05, 0) is 61.4 Å². The number of amides is 2. The van der Waals surface area contributed by atoms with Gasteiger partial charge in [-0.15, -0.1) is 0 Å². The Labute approximate surface area is 190 Å². The second-order valence-corrected chi connectivity index (χ2v) is 7.87. The molecule has 5 rings (SSSR count). The predicted octanol–water partition coefficient (Wildman–Crippen LogP) is 4.78. The fourth-order valence-corrected chi connectivity index (χ4v) is 4.10. The van der Waals surface area contributed by atoms with Crippen molar-refractivity contribution in [1.82, 2.24) is 9.78 Å². The first kappa shape index (κ1) is 20.6. The summed E-state index contributed by atoms with van der Waals surface area (Å²) in [6, 6.07) is 21.0. The Morgan fingerprint density at radius 2 is 1.64 bits per heavy atom. The zero-order valence-corrected chi connectivity index (χ0v) is 18.0. The SMILES string of the molecule is Cc1c(C(=O)Nc2ccc(C(=O)N3CCc4ccccc43)cc2)cnn1-c1ccccc1F. The minimum absolute atomic E-state index is 0.0696. The molecule has 0 radical (unpaired) electrons. The van der Waals surface area contributed by atoms with E-state index in [2.05, 4.69) is 10.4 Å². The monoisotopic (exact) mass is 440 g/mol. The van der Waals surface area contributed by atoms with Gasteiger partial charge in [0, 0.05) is 23.5 Å². The summed E-state index contributed by atoms with van der Waals surface area (Å²) in [5.74, 6) is -0.848. The smallest absolute Gasteiger partial charge is 0.259 e. The summed E-state index contributed by atoms with van der Waals surface area (Å²) in [5, 5.41) is 6.99. The highest BCUT2D eigenvalue weighted by Crippen LogP contribution is 2.29. The number of aromatic nitrogens is 2. The third kappa shape index (κ3) is 3.78. The summed E-state index contributed by atoms with van der Waals surface area (Å²) in [7, 11) is 0. The number of halogens is 1. The zero-order chi connectivity index (χ0) is 22.9. The minimum atomic E-state index is -0.420. The maximum absolute atomic E-state index is 14.1. The van der Waals surface area contributed by atoms with Crippen LogP contribution in [0.1, 0.15) is 32.0 Å². The second kappa shape index (κ2) is 8.35. The number of nitrogens with zero attached hydrogens (tertiary/aromatic N) is 3. The maximum atomic E-state index is 14.1. The van der Waals surface area contributed by atoms with Gasteiger partial charge >= 0.3 is 0 Å². The van der Waals surface area contributed by atoms with Crippen molar-refractivity contribution in [3.8, 4) is 5.69 Å². The van der Waals surface area contributed by atoms with Crippen molar-refractivity contribution >= 4 is 23.2 Å². The molecule has 6 nitrogen and oxygen atoms in total. The van der Waals surface area contributed by atoms with Crippen LogP contribution in [0.25, 0.3) is 5.69 Å². The van der Waals surface area contributed by atoms with Crippen LogP contribution < -0.4 is 10.2 Å². The summed E-state index contributed by atoms with van der Waals surface area (Å²) in [6.45, 7) is 2.37. The highest BCUT2D eigenvalue weighted by atomic mass is 19.1. The van der Waals surface area contributed by atoms with Gasteiger partial charge in [0.2, 0.25) is 0 Å². The van der Waals surface area contributed by atoms with Crippen LogP contribution in [0.3, 0.4) is 0 Å². The van der Waals surface area contributed by atoms with Crippen molar-refractivity contribution in [3.05, 3.63) is 107 Å². The van der Waals surface area contributed by atoms with Crippen LogP contribution in [0, 0.1) is 12.7 Å². The number of hydrogen-bond acceptors (Lipinski definition) is 3. The molecular formula is C26H21FN4O2. The van der Waals surface area contributed by atoms with E-state index in [1.807, 2.05) is 24.3 Å². The predicted molar refractivity (Wildman–Crippen MR) is 124 cm³/mol. The number of rotatable bonds is 4. The Hall–Kier alpha value is -4.26. The molecule has 1 N–H and O–H groups in total.